The molecule has 1 atom stereocenters. The van der Waals surface area contributed by atoms with Crippen LogP contribution in [0, 0.1) is 5.41 Å². The zero-order chi connectivity index (χ0) is 24.9. The molecule has 7 nitrogen and oxygen atoms in total. The number of aromatic nitrogens is 4. The lowest BCUT2D eigenvalue weighted by atomic mass is 9.73. The molecule has 1 saturated heterocycles. The first-order valence-electron chi connectivity index (χ1n) is 12.0. The number of nitrogens with two attached hydrogens (primary N) is 1. The van der Waals surface area contributed by atoms with E-state index in [2.05, 4.69) is 55.7 Å². The number of hydrogen-bond donors (Lipinski definition) is 2. The van der Waals surface area contributed by atoms with Gasteiger partial charge in [0.25, 0.3) is 0 Å². The van der Waals surface area contributed by atoms with E-state index in [9.17, 15) is 8.78 Å². The summed E-state index contributed by atoms with van der Waals surface area (Å²) >= 11 is 0. The second-order valence-electron chi connectivity index (χ2n) is 9.59. The zero-order valence-electron chi connectivity index (χ0n) is 19.6. The molecule has 3 heterocycles. The van der Waals surface area contributed by atoms with E-state index in [0.29, 0.717) is 28.0 Å². The number of ether oxygens (including phenoxy) is 1. The minimum absolute atomic E-state index is 0.0600. The summed E-state index contributed by atoms with van der Waals surface area (Å²) in [6.45, 7) is 2.91. The number of halogens is 2. The van der Waals surface area contributed by atoms with E-state index >= 15 is 0 Å². The van der Waals surface area contributed by atoms with Gasteiger partial charge in [-0.05, 0) is 53.5 Å². The van der Waals surface area contributed by atoms with Gasteiger partial charge in [-0.15, -0.1) is 0 Å². The molecular weight excluding hydrogens is 462 g/mol. The van der Waals surface area contributed by atoms with Crippen LogP contribution >= 0.6 is 0 Å². The first-order valence-corrected chi connectivity index (χ1v) is 12.0. The number of rotatable bonds is 5. The van der Waals surface area contributed by atoms with Crippen molar-refractivity contribution in [3.05, 3.63) is 83.7 Å². The maximum absolute atomic E-state index is 12.6. The van der Waals surface area contributed by atoms with Crippen molar-refractivity contribution in [1.29, 1.82) is 0 Å². The molecule has 3 N–H and O–H groups in total. The number of alkyl halides is 2. The first kappa shape index (κ1) is 22.6. The maximum Gasteiger partial charge on any atom is 0.387 e. The van der Waals surface area contributed by atoms with E-state index < -0.39 is 6.61 Å². The SMILES string of the molecule is C=C(c1cccc(OC(F)F)c1)c1n[nH]c2nc(N3CCC4(CC3)Cc3ccccc3[C@H]4N)cnc12. The number of aromatic amines is 1. The van der Waals surface area contributed by atoms with Crippen LogP contribution in [0.2, 0.25) is 0 Å². The van der Waals surface area contributed by atoms with E-state index in [4.69, 9.17) is 10.7 Å². The van der Waals surface area contributed by atoms with E-state index in [0.717, 1.165) is 38.2 Å². The fourth-order valence-corrected chi connectivity index (χ4v) is 5.64. The van der Waals surface area contributed by atoms with Crippen LogP contribution in [0.3, 0.4) is 0 Å². The Morgan fingerprint density at radius 1 is 1.17 bits per heavy atom. The minimum Gasteiger partial charge on any atom is -0.435 e. The lowest BCUT2D eigenvalue weighted by molar-refractivity contribution is -0.0498. The van der Waals surface area contributed by atoms with Crippen LogP contribution < -0.4 is 15.4 Å². The zero-order valence-corrected chi connectivity index (χ0v) is 19.6. The van der Waals surface area contributed by atoms with E-state index in [-0.39, 0.29) is 17.2 Å². The van der Waals surface area contributed by atoms with E-state index in [1.807, 2.05) is 0 Å². The Labute approximate surface area is 207 Å². The molecule has 1 aliphatic carbocycles. The maximum atomic E-state index is 12.6. The van der Waals surface area contributed by atoms with Gasteiger partial charge < -0.3 is 15.4 Å². The molecule has 0 bridgehead atoms. The van der Waals surface area contributed by atoms with Gasteiger partial charge >= 0.3 is 6.61 Å². The average molecular weight is 489 g/mol. The van der Waals surface area contributed by atoms with Crippen molar-refractivity contribution in [2.24, 2.45) is 11.1 Å². The van der Waals surface area contributed by atoms with Crippen molar-refractivity contribution in [2.75, 3.05) is 18.0 Å². The molecule has 1 fully saturated rings. The summed E-state index contributed by atoms with van der Waals surface area (Å²) in [7, 11) is 0. The topological polar surface area (TPSA) is 93.0 Å². The Morgan fingerprint density at radius 2 is 1.97 bits per heavy atom. The molecule has 2 aliphatic rings. The molecule has 36 heavy (non-hydrogen) atoms. The number of nitrogens with zero attached hydrogens (tertiary/aromatic N) is 4. The number of fused-ring (bicyclic) bond motifs is 2. The molecule has 4 aromatic rings. The quantitative estimate of drug-likeness (QED) is 0.417. The van der Waals surface area contributed by atoms with Crippen molar-refractivity contribution < 1.29 is 13.5 Å². The van der Waals surface area contributed by atoms with Gasteiger partial charge in [0.2, 0.25) is 0 Å². The standard InChI is InChI=1S/C27H26F2N6O/c1-16(17-6-4-7-19(13-17)36-26(28)29)22-23-25(34-33-22)32-21(15-31-23)35-11-9-27(10-12-35)14-18-5-2-3-8-20(18)24(27)30/h2-8,13,15,24,26H,1,9-12,14,30H2,(H,32,33,34)/t24-/m1/s1. The molecule has 184 valence electrons. The highest BCUT2D eigenvalue weighted by Gasteiger charge is 2.45. The third-order valence-electron chi connectivity index (χ3n) is 7.63. The summed E-state index contributed by atoms with van der Waals surface area (Å²) in [6, 6.07) is 14.9. The van der Waals surface area contributed by atoms with Gasteiger partial charge in [0, 0.05) is 24.7 Å². The smallest absolute Gasteiger partial charge is 0.387 e. The van der Waals surface area contributed by atoms with Crippen LogP contribution in [-0.2, 0) is 6.42 Å². The summed E-state index contributed by atoms with van der Waals surface area (Å²) in [5.41, 5.74) is 12.3. The third kappa shape index (κ3) is 3.80. The normalized spacial score (nSPS) is 18.7. The Kier molecular flexibility index (Phi) is 5.44. The van der Waals surface area contributed by atoms with Gasteiger partial charge in [0.15, 0.2) is 5.65 Å². The summed E-state index contributed by atoms with van der Waals surface area (Å²) in [4.78, 5) is 11.7. The van der Waals surface area contributed by atoms with Gasteiger partial charge in [-0.25, -0.2) is 9.97 Å². The highest BCUT2D eigenvalue weighted by atomic mass is 19.3. The molecule has 6 rings (SSSR count). The van der Waals surface area contributed by atoms with Gasteiger partial charge in [0.05, 0.1) is 6.20 Å². The van der Waals surface area contributed by atoms with Crippen molar-refractivity contribution in [3.8, 4) is 5.75 Å². The monoisotopic (exact) mass is 488 g/mol. The second-order valence-corrected chi connectivity index (χ2v) is 9.59. The van der Waals surface area contributed by atoms with Crippen molar-refractivity contribution in [3.63, 3.8) is 0 Å². The number of H-pyrrole nitrogens is 1. The van der Waals surface area contributed by atoms with Crippen LogP contribution in [0.25, 0.3) is 16.7 Å². The van der Waals surface area contributed by atoms with Gasteiger partial charge in [-0.2, -0.15) is 13.9 Å². The van der Waals surface area contributed by atoms with Crippen LogP contribution in [0.4, 0.5) is 14.6 Å². The van der Waals surface area contributed by atoms with E-state index in [1.165, 1.54) is 23.3 Å². The number of benzene rings is 2. The lowest BCUT2D eigenvalue weighted by Crippen LogP contribution is -2.44. The summed E-state index contributed by atoms with van der Waals surface area (Å²) in [5, 5.41) is 7.32. The van der Waals surface area contributed by atoms with Crippen LogP contribution in [0.15, 0.2) is 61.3 Å². The van der Waals surface area contributed by atoms with Gasteiger partial charge in [-0.3, -0.25) is 5.10 Å². The predicted octanol–water partition coefficient (Wildman–Crippen LogP) is 4.86. The molecule has 1 aliphatic heterocycles. The number of nitrogens with one attached hydrogen (secondary N) is 1. The molecule has 9 heteroatoms. The van der Waals surface area contributed by atoms with Crippen molar-refractivity contribution >= 4 is 22.6 Å². The highest BCUT2D eigenvalue weighted by Crippen LogP contribution is 2.50. The van der Waals surface area contributed by atoms with Crippen molar-refractivity contribution in [2.45, 2.75) is 31.9 Å². The average Bonchev–Trinajstić information content (AvgIpc) is 3.42. The lowest BCUT2D eigenvalue weighted by Gasteiger charge is -2.42. The summed E-state index contributed by atoms with van der Waals surface area (Å²) in [6.07, 6.45) is 4.76. The van der Waals surface area contributed by atoms with Gasteiger partial charge in [0.1, 0.15) is 22.8 Å². The fourth-order valence-electron chi connectivity index (χ4n) is 5.64. The summed E-state index contributed by atoms with van der Waals surface area (Å²) in [5.74, 6) is 0.847. The molecule has 1 spiro atoms. The Morgan fingerprint density at radius 3 is 2.75 bits per heavy atom. The number of hydrogen-bond acceptors (Lipinski definition) is 6. The molecule has 0 radical (unpaired) electrons. The van der Waals surface area contributed by atoms with Gasteiger partial charge in [-0.1, -0.05) is 43.0 Å². The van der Waals surface area contributed by atoms with Crippen LogP contribution in [0.1, 0.15) is 41.3 Å². The second kappa shape index (κ2) is 8.67. The molecule has 0 unspecified atom stereocenters. The molecular formula is C27H26F2N6O. The van der Waals surface area contributed by atoms with E-state index in [1.54, 1.807) is 18.3 Å². The molecule has 2 aromatic carbocycles. The Balaban J connectivity index is 1.19. The Bertz CT molecular complexity index is 1440. The Hall–Kier alpha value is -3.85. The first-order chi connectivity index (χ1) is 17.4. The molecule has 2 aromatic heterocycles. The number of piperidine rings is 1. The number of anilines is 1. The molecule has 0 saturated carbocycles. The predicted molar refractivity (Wildman–Crippen MR) is 134 cm³/mol. The highest BCUT2D eigenvalue weighted by molar-refractivity contribution is 5.90. The van der Waals surface area contributed by atoms with Crippen molar-refractivity contribution in [1.82, 2.24) is 20.2 Å². The van der Waals surface area contributed by atoms with Crippen LogP contribution in [0.5, 0.6) is 5.75 Å². The fraction of sp³-hybridized carbons (Fsp3) is 0.296. The molecule has 0 amide bonds. The minimum atomic E-state index is -2.89. The van der Waals surface area contributed by atoms with Crippen LogP contribution in [-0.4, -0.2) is 39.9 Å². The summed E-state index contributed by atoms with van der Waals surface area (Å²) < 4.78 is 29.7. The third-order valence-corrected chi connectivity index (χ3v) is 7.63. The largest absolute Gasteiger partial charge is 0.435 e.